The number of halogens is 1. The Kier molecular flexibility index (Phi) is 7.50. The van der Waals surface area contributed by atoms with Crippen LogP contribution < -0.4 is 4.74 Å². The highest BCUT2D eigenvalue weighted by atomic mass is 35.5. The number of ether oxygens (including phenoxy) is 2. The molecule has 1 unspecified atom stereocenters. The lowest BCUT2D eigenvalue weighted by Gasteiger charge is -2.34. The van der Waals surface area contributed by atoms with E-state index in [9.17, 15) is 4.79 Å². The minimum Gasteiger partial charge on any atom is -0.489 e. The van der Waals surface area contributed by atoms with Gasteiger partial charge in [0.1, 0.15) is 5.75 Å². The van der Waals surface area contributed by atoms with Crippen molar-refractivity contribution >= 4 is 17.6 Å². The topological polar surface area (TPSA) is 62.2 Å². The van der Waals surface area contributed by atoms with Crippen molar-refractivity contribution in [3.8, 4) is 5.75 Å². The third-order valence-corrected chi connectivity index (χ3v) is 4.20. The normalized spacial score (nSPS) is 18.7. The van der Waals surface area contributed by atoms with E-state index in [0.29, 0.717) is 23.9 Å². The Bertz CT molecular complexity index is 582. The van der Waals surface area contributed by atoms with Gasteiger partial charge in [-0.2, -0.15) is 0 Å². The monoisotopic (exact) mass is 370 g/mol. The van der Waals surface area contributed by atoms with Crippen LogP contribution in [-0.2, 0) is 16.1 Å². The summed E-state index contributed by atoms with van der Waals surface area (Å²) in [7, 11) is 1.80. The first-order chi connectivity index (χ1) is 11.8. The van der Waals surface area contributed by atoms with Gasteiger partial charge in [-0.15, -0.1) is 0 Å². The number of morpholine rings is 1. The molecule has 0 amide bonds. The molecule has 2 rings (SSSR count). The molecule has 1 aliphatic rings. The van der Waals surface area contributed by atoms with E-state index in [4.69, 9.17) is 26.2 Å². The van der Waals surface area contributed by atoms with E-state index < -0.39 is 5.97 Å². The number of hydrogen-bond donors (Lipinski definition) is 1. The molecule has 0 aromatic heterocycles. The van der Waals surface area contributed by atoms with Crippen LogP contribution in [0.4, 0.5) is 0 Å². The van der Waals surface area contributed by atoms with Crippen molar-refractivity contribution in [2.45, 2.75) is 32.6 Å². The molecular weight excluding hydrogens is 344 g/mol. The summed E-state index contributed by atoms with van der Waals surface area (Å²) in [5.74, 6) is -0.121. The van der Waals surface area contributed by atoms with Crippen LogP contribution in [0.2, 0.25) is 5.02 Å². The smallest absolute Gasteiger partial charge is 0.317 e. The molecule has 1 aromatic carbocycles. The summed E-state index contributed by atoms with van der Waals surface area (Å²) in [4.78, 5) is 14.8. The lowest BCUT2D eigenvalue weighted by Crippen LogP contribution is -2.47. The van der Waals surface area contributed by atoms with Gasteiger partial charge < -0.3 is 14.6 Å². The number of carbonyl (C=O) groups is 1. The maximum absolute atomic E-state index is 10.8. The summed E-state index contributed by atoms with van der Waals surface area (Å²) in [5.41, 5.74) is 1.13. The quantitative estimate of drug-likeness (QED) is 0.758. The van der Waals surface area contributed by atoms with E-state index in [1.807, 2.05) is 32.0 Å². The predicted molar refractivity (Wildman–Crippen MR) is 97.4 cm³/mol. The molecule has 0 bridgehead atoms. The van der Waals surface area contributed by atoms with E-state index in [-0.39, 0.29) is 18.8 Å². The zero-order valence-electron chi connectivity index (χ0n) is 15.1. The SMILES string of the molecule is CC(C)Oc1ccc(CN2CCOC(CN(C)CC(=O)O)C2)cc1Cl. The zero-order chi connectivity index (χ0) is 18.4. The van der Waals surface area contributed by atoms with Gasteiger partial charge in [0.2, 0.25) is 0 Å². The molecule has 0 radical (unpaired) electrons. The Morgan fingerprint density at radius 2 is 2.28 bits per heavy atom. The van der Waals surface area contributed by atoms with Crippen LogP contribution in [0.25, 0.3) is 0 Å². The lowest BCUT2D eigenvalue weighted by molar-refractivity contribution is -0.138. The molecule has 1 aliphatic heterocycles. The molecular formula is C18H27ClN2O4. The Morgan fingerprint density at radius 3 is 2.92 bits per heavy atom. The van der Waals surface area contributed by atoms with Gasteiger partial charge >= 0.3 is 5.97 Å². The van der Waals surface area contributed by atoms with Gasteiger partial charge in [0.15, 0.2) is 0 Å². The standard InChI is InChI=1S/C18H27ClN2O4/c1-13(2)25-17-5-4-14(8-16(17)19)9-21-6-7-24-15(11-21)10-20(3)12-18(22)23/h4-5,8,13,15H,6-7,9-12H2,1-3H3,(H,22,23). The van der Waals surface area contributed by atoms with Crippen molar-refractivity contribution in [3.63, 3.8) is 0 Å². The second-order valence-electron chi connectivity index (χ2n) is 6.75. The third kappa shape index (κ3) is 6.82. The van der Waals surface area contributed by atoms with Crippen molar-refractivity contribution in [3.05, 3.63) is 28.8 Å². The molecule has 0 aliphatic carbocycles. The van der Waals surface area contributed by atoms with Gasteiger partial charge in [0, 0.05) is 26.2 Å². The second kappa shape index (κ2) is 9.38. The second-order valence-corrected chi connectivity index (χ2v) is 7.16. The first-order valence-corrected chi connectivity index (χ1v) is 8.90. The summed E-state index contributed by atoms with van der Waals surface area (Å²) >= 11 is 6.31. The predicted octanol–water partition coefficient (Wildman–Crippen LogP) is 2.34. The van der Waals surface area contributed by atoms with Gasteiger partial charge in [-0.3, -0.25) is 14.6 Å². The summed E-state index contributed by atoms with van der Waals surface area (Å²) in [6.45, 7) is 7.61. The molecule has 140 valence electrons. The lowest BCUT2D eigenvalue weighted by atomic mass is 10.1. The molecule has 1 N–H and O–H groups in total. The molecule has 1 atom stereocenters. The van der Waals surface area contributed by atoms with Crippen LogP contribution in [0.3, 0.4) is 0 Å². The molecule has 1 heterocycles. The van der Waals surface area contributed by atoms with Crippen LogP contribution in [0.5, 0.6) is 5.75 Å². The molecule has 1 saturated heterocycles. The maximum Gasteiger partial charge on any atom is 0.317 e. The summed E-state index contributed by atoms with van der Waals surface area (Å²) in [6.07, 6.45) is 0.100. The van der Waals surface area contributed by atoms with Crippen molar-refractivity contribution < 1.29 is 19.4 Å². The van der Waals surface area contributed by atoms with E-state index in [1.54, 1.807) is 11.9 Å². The van der Waals surface area contributed by atoms with Gasteiger partial charge in [-0.25, -0.2) is 0 Å². The maximum atomic E-state index is 10.8. The molecule has 1 aromatic rings. The number of carboxylic acid groups (broad SMARTS) is 1. The van der Waals surface area contributed by atoms with Crippen LogP contribution in [0.1, 0.15) is 19.4 Å². The fourth-order valence-electron chi connectivity index (χ4n) is 2.93. The van der Waals surface area contributed by atoms with Crippen molar-refractivity contribution in [1.82, 2.24) is 9.80 Å². The molecule has 7 heteroatoms. The Morgan fingerprint density at radius 1 is 1.52 bits per heavy atom. The number of aliphatic carboxylic acids is 1. The molecule has 1 fully saturated rings. The van der Waals surface area contributed by atoms with Crippen LogP contribution in [0, 0.1) is 0 Å². The van der Waals surface area contributed by atoms with E-state index in [0.717, 1.165) is 25.2 Å². The van der Waals surface area contributed by atoms with Crippen molar-refractivity contribution in [2.75, 3.05) is 39.8 Å². The van der Waals surface area contributed by atoms with Gasteiger partial charge in [-0.1, -0.05) is 17.7 Å². The summed E-state index contributed by atoms with van der Waals surface area (Å²) < 4.78 is 11.4. The van der Waals surface area contributed by atoms with E-state index >= 15 is 0 Å². The highest BCUT2D eigenvalue weighted by molar-refractivity contribution is 6.32. The van der Waals surface area contributed by atoms with Gasteiger partial charge in [-0.05, 0) is 38.6 Å². The van der Waals surface area contributed by atoms with Crippen LogP contribution in [0.15, 0.2) is 18.2 Å². The van der Waals surface area contributed by atoms with Crippen molar-refractivity contribution in [1.29, 1.82) is 0 Å². The molecule has 0 spiro atoms. The first-order valence-electron chi connectivity index (χ1n) is 8.53. The van der Waals surface area contributed by atoms with E-state index in [1.165, 1.54) is 0 Å². The van der Waals surface area contributed by atoms with Crippen LogP contribution in [-0.4, -0.2) is 72.9 Å². The minimum absolute atomic E-state index is 0.0112. The number of nitrogens with zero attached hydrogens (tertiary/aromatic N) is 2. The number of rotatable bonds is 8. The number of hydrogen-bond acceptors (Lipinski definition) is 5. The first kappa shape index (κ1) is 20.0. The highest BCUT2D eigenvalue weighted by Gasteiger charge is 2.22. The zero-order valence-corrected chi connectivity index (χ0v) is 15.8. The fraction of sp³-hybridized carbons (Fsp3) is 0.611. The fourth-order valence-corrected chi connectivity index (χ4v) is 3.18. The van der Waals surface area contributed by atoms with Crippen molar-refractivity contribution in [2.24, 2.45) is 0 Å². The van der Waals surface area contributed by atoms with Gasteiger partial charge in [0.25, 0.3) is 0 Å². The number of likely N-dealkylation sites (N-methyl/N-ethyl adjacent to an activating group) is 1. The van der Waals surface area contributed by atoms with Gasteiger partial charge in [0.05, 0.1) is 30.4 Å². The summed E-state index contributed by atoms with van der Waals surface area (Å²) in [5, 5.41) is 9.47. The summed E-state index contributed by atoms with van der Waals surface area (Å²) in [6, 6.07) is 5.89. The molecule has 0 saturated carbocycles. The Hall–Kier alpha value is -1.34. The largest absolute Gasteiger partial charge is 0.489 e. The number of benzene rings is 1. The van der Waals surface area contributed by atoms with E-state index in [2.05, 4.69) is 4.90 Å². The third-order valence-electron chi connectivity index (χ3n) is 3.91. The molecule has 25 heavy (non-hydrogen) atoms. The minimum atomic E-state index is -0.825. The molecule has 6 nitrogen and oxygen atoms in total. The van der Waals surface area contributed by atoms with Crippen LogP contribution >= 0.6 is 11.6 Å². The highest BCUT2D eigenvalue weighted by Crippen LogP contribution is 2.27. The number of carboxylic acids is 1. The Balaban J connectivity index is 1.89. The average molecular weight is 371 g/mol. The Labute approximate surface area is 154 Å². The average Bonchev–Trinajstić information content (AvgIpc) is 2.49.